The van der Waals surface area contributed by atoms with Crippen LogP contribution in [0.2, 0.25) is 0 Å². The van der Waals surface area contributed by atoms with Crippen molar-refractivity contribution < 1.29 is 18.0 Å². The molecule has 8 heteroatoms. The number of sulfonamides is 1. The predicted molar refractivity (Wildman–Crippen MR) is 120 cm³/mol. The van der Waals surface area contributed by atoms with E-state index in [0.717, 1.165) is 19.3 Å². The SMILES string of the molecule is C[C@@H]1CCC[C@@H](C)N1S(=O)(=O)c1ccc(NC(=O)CCNC(=O)c2ccccc2)cc1. The Labute approximate surface area is 183 Å². The summed E-state index contributed by atoms with van der Waals surface area (Å²) in [6.07, 6.45) is 2.86. The Morgan fingerprint density at radius 3 is 2.19 bits per heavy atom. The molecule has 0 radical (unpaired) electrons. The molecule has 166 valence electrons. The molecular weight excluding hydrogens is 414 g/mol. The Morgan fingerprint density at radius 2 is 1.58 bits per heavy atom. The van der Waals surface area contributed by atoms with Gasteiger partial charge < -0.3 is 10.6 Å². The van der Waals surface area contributed by atoms with Crippen LogP contribution in [0.5, 0.6) is 0 Å². The van der Waals surface area contributed by atoms with Gasteiger partial charge in [-0.3, -0.25) is 9.59 Å². The average Bonchev–Trinajstić information content (AvgIpc) is 2.74. The topological polar surface area (TPSA) is 95.6 Å². The number of benzene rings is 2. The van der Waals surface area contributed by atoms with Crippen LogP contribution in [-0.2, 0) is 14.8 Å². The Hall–Kier alpha value is -2.71. The summed E-state index contributed by atoms with van der Waals surface area (Å²) in [6.45, 7) is 4.09. The molecule has 3 rings (SSSR count). The van der Waals surface area contributed by atoms with Crippen molar-refractivity contribution in [3.8, 4) is 0 Å². The first-order chi connectivity index (χ1) is 14.8. The van der Waals surface area contributed by atoms with Crippen LogP contribution in [0.3, 0.4) is 0 Å². The summed E-state index contributed by atoms with van der Waals surface area (Å²) in [4.78, 5) is 24.4. The minimum absolute atomic E-state index is 0.0285. The molecule has 0 unspecified atom stereocenters. The third-order valence-corrected chi connectivity index (χ3v) is 7.64. The summed E-state index contributed by atoms with van der Waals surface area (Å²) in [5.41, 5.74) is 1.05. The van der Waals surface area contributed by atoms with Crippen molar-refractivity contribution in [1.82, 2.24) is 9.62 Å². The van der Waals surface area contributed by atoms with Gasteiger partial charge in [0.25, 0.3) is 5.91 Å². The zero-order valence-corrected chi connectivity index (χ0v) is 18.7. The van der Waals surface area contributed by atoms with Crippen LogP contribution in [0.1, 0.15) is 49.9 Å². The van der Waals surface area contributed by atoms with Crippen LogP contribution in [0.25, 0.3) is 0 Å². The van der Waals surface area contributed by atoms with Crippen molar-refractivity contribution in [1.29, 1.82) is 0 Å². The molecule has 2 amide bonds. The maximum atomic E-state index is 13.1. The van der Waals surface area contributed by atoms with Crippen LogP contribution in [-0.4, -0.2) is 43.2 Å². The maximum absolute atomic E-state index is 13.1. The number of carbonyl (C=O) groups excluding carboxylic acids is 2. The third-order valence-electron chi connectivity index (χ3n) is 5.50. The van der Waals surface area contributed by atoms with Gasteiger partial charge in [-0.2, -0.15) is 4.31 Å². The van der Waals surface area contributed by atoms with E-state index in [4.69, 9.17) is 0 Å². The third kappa shape index (κ3) is 5.71. The van der Waals surface area contributed by atoms with E-state index in [1.54, 1.807) is 40.7 Å². The largest absolute Gasteiger partial charge is 0.352 e. The minimum Gasteiger partial charge on any atom is -0.352 e. The fourth-order valence-electron chi connectivity index (χ4n) is 3.91. The van der Waals surface area contributed by atoms with Gasteiger partial charge in [-0.25, -0.2) is 8.42 Å². The van der Waals surface area contributed by atoms with E-state index >= 15 is 0 Å². The van der Waals surface area contributed by atoms with Gasteiger partial charge >= 0.3 is 0 Å². The van der Waals surface area contributed by atoms with Crippen LogP contribution < -0.4 is 10.6 Å². The zero-order valence-electron chi connectivity index (χ0n) is 17.9. The smallest absolute Gasteiger partial charge is 0.251 e. The average molecular weight is 444 g/mol. The molecule has 2 aromatic rings. The Morgan fingerprint density at radius 1 is 0.968 bits per heavy atom. The predicted octanol–water partition coefficient (Wildman–Crippen LogP) is 3.40. The van der Waals surface area contributed by atoms with E-state index in [1.807, 2.05) is 19.9 Å². The molecule has 0 aromatic heterocycles. The number of piperidine rings is 1. The molecule has 7 nitrogen and oxygen atoms in total. The highest BCUT2D eigenvalue weighted by Crippen LogP contribution is 2.29. The van der Waals surface area contributed by atoms with Gasteiger partial charge in [0.2, 0.25) is 15.9 Å². The summed E-state index contributed by atoms with van der Waals surface area (Å²) >= 11 is 0. The van der Waals surface area contributed by atoms with Gasteiger partial charge in [-0.05, 0) is 63.1 Å². The molecule has 1 saturated heterocycles. The Kier molecular flexibility index (Phi) is 7.46. The standard InChI is InChI=1S/C23H29N3O4S/c1-17-7-6-8-18(2)26(17)31(29,30)21-13-11-20(12-14-21)25-22(27)15-16-24-23(28)19-9-4-3-5-10-19/h3-5,9-14,17-18H,6-8,15-16H2,1-2H3,(H,24,28)(H,25,27)/t17-,18-/m1/s1. The molecule has 1 aliphatic rings. The Bertz CT molecular complexity index is 997. The number of amides is 2. The van der Waals surface area contributed by atoms with Crippen LogP contribution in [0.4, 0.5) is 5.69 Å². The molecule has 2 N–H and O–H groups in total. The zero-order chi connectivity index (χ0) is 22.4. The fraction of sp³-hybridized carbons (Fsp3) is 0.391. The first kappa shape index (κ1) is 23.0. The fourth-order valence-corrected chi connectivity index (χ4v) is 5.79. The van der Waals surface area contributed by atoms with Crippen molar-refractivity contribution in [2.24, 2.45) is 0 Å². The second-order valence-electron chi connectivity index (χ2n) is 7.91. The van der Waals surface area contributed by atoms with E-state index in [2.05, 4.69) is 10.6 Å². The lowest BCUT2D eigenvalue weighted by atomic mass is 10.0. The first-order valence-electron chi connectivity index (χ1n) is 10.6. The summed E-state index contributed by atoms with van der Waals surface area (Å²) in [5.74, 6) is -0.494. The molecular formula is C23H29N3O4S. The van der Waals surface area contributed by atoms with Gasteiger partial charge in [0.1, 0.15) is 0 Å². The van der Waals surface area contributed by atoms with Gasteiger partial charge in [0.05, 0.1) is 4.90 Å². The van der Waals surface area contributed by atoms with Crippen molar-refractivity contribution in [3.63, 3.8) is 0 Å². The van der Waals surface area contributed by atoms with E-state index in [1.165, 1.54) is 12.1 Å². The number of nitrogens with zero attached hydrogens (tertiary/aromatic N) is 1. The molecule has 31 heavy (non-hydrogen) atoms. The van der Waals surface area contributed by atoms with E-state index in [9.17, 15) is 18.0 Å². The van der Waals surface area contributed by atoms with Gasteiger partial charge in [-0.15, -0.1) is 0 Å². The minimum atomic E-state index is -3.58. The lowest BCUT2D eigenvalue weighted by Gasteiger charge is -2.37. The van der Waals surface area contributed by atoms with Gasteiger partial charge in [0.15, 0.2) is 0 Å². The molecule has 2 atom stereocenters. The van der Waals surface area contributed by atoms with Gasteiger partial charge in [0, 0.05) is 36.3 Å². The number of hydrogen-bond acceptors (Lipinski definition) is 4. The number of rotatable bonds is 7. The van der Waals surface area contributed by atoms with Crippen molar-refractivity contribution in [2.75, 3.05) is 11.9 Å². The summed E-state index contributed by atoms with van der Waals surface area (Å²) in [6, 6.07) is 15.0. The second kappa shape index (κ2) is 10.1. The molecule has 1 fully saturated rings. The number of anilines is 1. The highest BCUT2D eigenvalue weighted by molar-refractivity contribution is 7.89. The van der Waals surface area contributed by atoms with E-state index in [-0.39, 0.29) is 41.8 Å². The first-order valence-corrected chi connectivity index (χ1v) is 12.0. The van der Waals surface area contributed by atoms with E-state index < -0.39 is 10.0 Å². The summed E-state index contributed by atoms with van der Waals surface area (Å²) in [7, 11) is -3.58. The molecule has 1 aliphatic heterocycles. The van der Waals surface area contributed by atoms with Crippen LogP contribution in [0, 0.1) is 0 Å². The number of carbonyl (C=O) groups is 2. The normalized spacial score (nSPS) is 19.5. The maximum Gasteiger partial charge on any atom is 0.251 e. The molecule has 0 bridgehead atoms. The molecule has 2 aromatic carbocycles. The Balaban J connectivity index is 1.54. The molecule has 1 heterocycles. The van der Waals surface area contributed by atoms with Crippen molar-refractivity contribution in [3.05, 3.63) is 60.2 Å². The summed E-state index contributed by atoms with van der Waals surface area (Å²) in [5, 5.41) is 5.44. The van der Waals surface area contributed by atoms with Crippen LogP contribution in [0.15, 0.2) is 59.5 Å². The lowest BCUT2D eigenvalue weighted by Crippen LogP contribution is -2.47. The lowest BCUT2D eigenvalue weighted by molar-refractivity contribution is -0.116. The van der Waals surface area contributed by atoms with E-state index in [0.29, 0.717) is 11.3 Å². The second-order valence-corrected chi connectivity index (χ2v) is 9.75. The summed E-state index contributed by atoms with van der Waals surface area (Å²) < 4.78 is 27.7. The van der Waals surface area contributed by atoms with Crippen LogP contribution >= 0.6 is 0 Å². The monoisotopic (exact) mass is 443 g/mol. The van der Waals surface area contributed by atoms with Gasteiger partial charge in [-0.1, -0.05) is 24.6 Å². The quantitative estimate of drug-likeness (QED) is 0.686. The molecule has 0 aliphatic carbocycles. The molecule has 0 spiro atoms. The highest BCUT2D eigenvalue weighted by atomic mass is 32.2. The van der Waals surface area contributed by atoms with Crippen molar-refractivity contribution >= 4 is 27.5 Å². The van der Waals surface area contributed by atoms with Crippen molar-refractivity contribution in [2.45, 2.75) is 56.5 Å². The molecule has 0 saturated carbocycles. The number of hydrogen-bond donors (Lipinski definition) is 2. The highest BCUT2D eigenvalue weighted by Gasteiger charge is 2.35. The number of nitrogens with one attached hydrogen (secondary N) is 2.